The Kier molecular flexibility index (Phi) is 4.41. The lowest BCUT2D eigenvalue weighted by atomic mass is 10.2. The van der Waals surface area contributed by atoms with Crippen LogP contribution < -0.4 is 0 Å². The Balaban J connectivity index is 1.75. The zero-order valence-electron chi connectivity index (χ0n) is 13.0. The fourth-order valence-electron chi connectivity index (χ4n) is 2.65. The summed E-state index contributed by atoms with van der Waals surface area (Å²) in [5, 5.41) is 10.5. The van der Waals surface area contributed by atoms with Gasteiger partial charge in [0.1, 0.15) is 11.6 Å². The third kappa shape index (κ3) is 3.40. The highest BCUT2D eigenvalue weighted by Gasteiger charge is 2.32. The molecule has 1 aromatic carbocycles. The lowest BCUT2D eigenvalue weighted by molar-refractivity contribution is -0.113. The Labute approximate surface area is 138 Å². The van der Waals surface area contributed by atoms with Gasteiger partial charge in [0.25, 0.3) is 5.91 Å². The number of carbonyl (C=O) groups is 1. The van der Waals surface area contributed by atoms with Gasteiger partial charge < -0.3 is 14.9 Å². The summed E-state index contributed by atoms with van der Waals surface area (Å²) >= 11 is 1.27. The molecule has 1 atom stereocenters. The number of hydrogen-bond acceptors (Lipinski definition) is 5. The minimum atomic E-state index is -0.459. The van der Waals surface area contributed by atoms with Crippen molar-refractivity contribution in [2.75, 3.05) is 27.2 Å². The average Bonchev–Trinajstić information content (AvgIpc) is 3.10. The molecule has 5 nitrogen and oxygen atoms in total. The second kappa shape index (κ2) is 6.33. The summed E-state index contributed by atoms with van der Waals surface area (Å²) < 4.78 is 13.3. The van der Waals surface area contributed by atoms with E-state index >= 15 is 0 Å². The number of phenolic OH excluding ortho intramolecular Hbond substituents is 1. The Morgan fingerprint density at radius 2 is 2.26 bits per heavy atom. The van der Waals surface area contributed by atoms with E-state index in [9.17, 15) is 14.3 Å². The van der Waals surface area contributed by atoms with Crippen molar-refractivity contribution in [3.8, 4) is 5.75 Å². The predicted octanol–water partition coefficient (Wildman–Crippen LogP) is 2.14. The number of hydrogen-bond donors (Lipinski definition) is 1. The number of likely N-dealkylation sites (tertiary alicyclic amines) is 1. The first-order valence-electron chi connectivity index (χ1n) is 7.36. The summed E-state index contributed by atoms with van der Waals surface area (Å²) in [6.07, 6.45) is 2.52. The first-order chi connectivity index (χ1) is 10.9. The van der Waals surface area contributed by atoms with E-state index in [2.05, 4.69) is 14.8 Å². The van der Waals surface area contributed by atoms with E-state index in [1.807, 2.05) is 14.1 Å². The number of carbonyl (C=O) groups excluding carboxylic acids is 1. The third-order valence-electron chi connectivity index (χ3n) is 4.05. The van der Waals surface area contributed by atoms with Gasteiger partial charge in [0.05, 0.1) is 4.91 Å². The van der Waals surface area contributed by atoms with Crippen molar-refractivity contribution in [2.45, 2.75) is 12.5 Å². The molecule has 0 unspecified atom stereocenters. The largest absolute Gasteiger partial charge is 0.507 e. The van der Waals surface area contributed by atoms with Crippen LogP contribution in [-0.4, -0.2) is 59.2 Å². The second-order valence-corrected chi connectivity index (χ2v) is 6.87. The molecule has 1 N–H and O–H groups in total. The molecule has 1 saturated heterocycles. The van der Waals surface area contributed by atoms with Crippen molar-refractivity contribution in [2.24, 2.45) is 4.99 Å². The number of nitrogens with zero attached hydrogens (tertiary/aromatic N) is 3. The van der Waals surface area contributed by atoms with Gasteiger partial charge >= 0.3 is 0 Å². The SMILES string of the molecule is CN(C)[C@@H]1CCN(C2=NC(=O)C(=Cc3cc(F)ccc3O)S2)C1. The highest BCUT2D eigenvalue weighted by molar-refractivity contribution is 8.18. The third-order valence-corrected chi connectivity index (χ3v) is 5.09. The summed E-state index contributed by atoms with van der Waals surface area (Å²) in [5.74, 6) is -0.865. The van der Waals surface area contributed by atoms with Gasteiger partial charge in [-0.25, -0.2) is 4.39 Å². The number of amidine groups is 1. The number of phenols is 1. The molecule has 23 heavy (non-hydrogen) atoms. The number of likely N-dealkylation sites (N-methyl/N-ethyl adjacent to an activating group) is 1. The standard InChI is InChI=1S/C16H18FN3O2S/c1-19(2)12-5-6-20(9-12)16-18-15(22)14(23-16)8-10-7-11(17)3-4-13(10)21/h3-4,7-8,12,21H,5-6,9H2,1-2H3/t12-/m1/s1. The van der Waals surface area contributed by atoms with E-state index in [1.54, 1.807) is 0 Å². The minimum absolute atomic E-state index is 0.0606. The number of rotatable bonds is 2. The van der Waals surface area contributed by atoms with Crippen LogP contribution in [0.4, 0.5) is 4.39 Å². The van der Waals surface area contributed by atoms with Crippen molar-refractivity contribution < 1.29 is 14.3 Å². The van der Waals surface area contributed by atoms with Crippen molar-refractivity contribution in [3.05, 3.63) is 34.5 Å². The van der Waals surface area contributed by atoms with Crippen molar-refractivity contribution >= 4 is 28.9 Å². The van der Waals surface area contributed by atoms with Crippen molar-refractivity contribution in [1.82, 2.24) is 9.80 Å². The first kappa shape index (κ1) is 16.0. The molecule has 2 heterocycles. The smallest absolute Gasteiger partial charge is 0.286 e. The average molecular weight is 335 g/mol. The topological polar surface area (TPSA) is 56.1 Å². The molecule has 0 radical (unpaired) electrons. The molecule has 3 rings (SSSR count). The van der Waals surface area contributed by atoms with Crippen LogP contribution in [0.25, 0.3) is 6.08 Å². The molecule has 1 amide bonds. The molecule has 122 valence electrons. The Morgan fingerprint density at radius 1 is 1.48 bits per heavy atom. The maximum Gasteiger partial charge on any atom is 0.286 e. The Morgan fingerprint density at radius 3 is 2.96 bits per heavy atom. The Hall–Kier alpha value is -1.86. The van der Waals surface area contributed by atoms with E-state index in [0.29, 0.717) is 16.1 Å². The van der Waals surface area contributed by atoms with Gasteiger partial charge in [-0.05, 0) is 56.6 Å². The lowest BCUT2D eigenvalue weighted by Gasteiger charge is -2.20. The zero-order valence-corrected chi connectivity index (χ0v) is 13.8. The van der Waals surface area contributed by atoms with Crippen LogP contribution in [0.5, 0.6) is 5.75 Å². The molecule has 0 spiro atoms. The summed E-state index contributed by atoms with van der Waals surface area (Å²) in [4.78, 5) is 20.8. The second-order valence-electron chi connectivity index (χ2n) is 5.87. The number of thioether (sulfide) groups is 1. The van der Waals surface area contributed by atoms with E-state index in [0.717, 1.165) is 19.5 Å². The highest BCUT2D eigenvalue weighted by atomic mass is 32.2. The van der Waals surface area contributed by atoms with E-state index in [1.165, 1.54) is 36.0 Å². The molecular weight excluding hydrogens is 317 g/mol. The van der Waals surface area contributed by atoms with E-state index in [4.69, 9.17) is 0 Å². The van der Waals surface area contributed by atoms with Gasteiger partial charge in [0.2, 0.25) is 0 Å². The predicted molar refractivity (Wildman–Crippen MR) is 89.7 cm³/mol. The fourth-order valence-corrected chi connectivity index (χ4v) is 3.59. The van der Waals surface area contributed by atoms with Crippen molar-refractivity contribution in [1.29, 1.82) is 0 Å². The molecule has 0 bridgehead atoms. The fraction of sp³-hybridized carbons (Fsp3) is 0.375. The molecule has 2 aliphatic rings. The maximum absolute atomic E-state index is 13.3. The summed E-state index contributed by atoms with van der Waals surface area (Å²) in [6, 6.07) is 4.10. The maximum atomic E-state index is 13.3. The van der Waals surface area contributed by atoms with Gasteiger partial charge in [0.15, 0.2) is 5.17 Å². The molecule has 2 aliphatic heterocycles. The number of aliphatic imine (C=N–C) groups is 1. The number of amides is 1. The lowest BCUT2D eigenvalue weighted by Crippen LogP contribution is -2.33. The number of halogens is 1. The molecule has 1 fully saturated rings. The van der Waals surface area contributed by atoms with Gasteiger partial charge in [-0.2, -0.15) is 4.99 Å². The van der Waals surface area contributed by atoms with Gasteiger partial charge in [-0.15, -0.1) is 0 Å². The minimum Gasteiger partial charge on any atom is -0.507 e. The van der Waals surface area contributed by atoms with E-state index in [-0.39, 0.29) is 17.2 Å². The molecule has 7 heteroatoms. The monoisotopic (exact) mass is 335 g/mol. The normalized spacial score (nSPS) is 23.2. The summed E-state index contributed by atoms with van der Waals surface area (Å²) in [6.45, 7) is 1.70. The van der Waals surface area contributed by atoms with Crippen LogP contribution in [0, 0.1) is 5.82 Å². The Bertz CT molecular complexity index is 703. The van der Waals surface area contributed by atoms with Crippen LogP contribution in [0.1, 0.15) is 12.0 Å². The van der Waals surface area contributed by atoms with Gasteiger partial charge in [-0.1, -0.05) is 0 Å². The summed E-state index contributed by atoms with van der Waals surface area (Å²) in [7, 11) is 4.09. The first-order valence-corrected chi connectivity index (χ1v) is 8.18. The number of aromatic hydroxyl groups is 1. The van der Waals surface area contributed by atoms with Crippen LogP contribution in [-0.2, 0) is 4.79 Å². The highest BCUT2D eigenvalue weighted by Crippen LogP contribution is 2.33. The molecule has 0 saturated carbocycles. The van der Waals surface area contributed by atoms with Crippen LogP contribution in [0.3, 0.4) is 0 Å². The van der Waals surface area contributed by atoms with E-state index < -0.39 is 5.82 Å². The molecular formula is C16H18FN3O2S. The summed E-state index contributed by atoms with van der Waals surface area (Å²) in [5.41, 5.74) is 0.282. The van der Waals surface area contributed by atoms with Crippen LogP contribution in [0.15, 0.2) is 28.1 Å². The number of benzene rings is 1. The molecule has 1 aromatic rings. The zero-order chi connectivity index (χ0) is 16.6. The van der Waals surface area contributed by atoms with Crippen LogP contribution in [0.2, 0.25) is 0 Å². The quantitative estimate of drug-likeness (QED) is 0.839. The molecule has 0 aromatic heterocycles. The molecule has 0 aliphatic carbocycles. The van der Waals surface area contributed by atoms with Gasteiger partial charge in [-0.3, -0.25) is 4.79 Å². The van der Waals surface area contributed by atoms with Crippen molar-refractivity contribution in [3.63, 3.8) is 0 Å². The van der Waals surface area contributed by atoms with Crippen LogP contribution >= 0.6 is 11.8 Å². The van der Waals surface area contributed by atoms with Gasteiger partial charge in [0, 0.05) is 24.7 Å².